The fourth-order valence-corrected chi connectivity index (χ4v) is 4.06. The van der Waals surface area contributed by atoms with E-state index < -0.39 is 23.4 Å². The molecule has 0 aromatic heterocycles. The van der Waals surface area contributed by atoms with Crippen molar-refractivity contribution in [2.75, 3.05) is 13.2 Å². The normalized spacial score (nSPS) is 13.4. The summed E-state index contributed by atoms with van der Waals surface area (Å²) >= 11 is 0. The molecule has 0 amide bonds. The van der Waals surface area contributed by atoms with Gasteiger partial charge in [-0.1, -0.05) is 30.3 Å². The Morgan fingerprint density at radius 2 is 1.72 bits per heavy atom. The van der Waals surface area contributed by atoms with Gasteiger partial charge in [-0.2, -0.15) is 13.2 Å². The number of fused-ring (bicyclic) bond motifs is 1. The summed E-state index contributed by atoms with van der Waals surface area (Å²) in [6.07, 6.45) is -4.11. The summed E-state index contributed by atoms with van der Waals surface area (Å²) in [4.78, 5) is 13.3. The lowest BCUT2D eigenvalue weighted by Gasteiger charge is -2.24. The van der Waals surface area contributed by atoms with Crippen LogP contribution in [0, 0.1) is 11.6 Å². The van der Waals surface area contributed by atoms with Gasteiger partial charge in [0.05, 0.1) is 18.6 Å². The summed E-state index contributed by atoms with van der Waals surface area (Å²) in [6.45, 7) is 1.16. The van der Waals surface area contributed by atoms with E-state index in [9.17, 15) is 26.7 Å². The van der Waals surface area contributed by atoms with Crippen molar-refractivity contribution in [3.05, 3.63) is 100 Å². The van der Waals surface area contributed by atoms with E-state index in [4.69, 9.17) is 9.47 Å². The summed E-state index contributed by atoms with van der Waals surface area (Å²) in [6, 6.07) is 14.4. The van der Waals surface area contributed by atoms with E-state index >= 15 is 0 Å². The van der Waals surface area contributed by atoms with Crippen LogP contribution in [0.25, 0.3) is 0 Å². The third kappa shape index (κ3) is 6.60. The van der Waals surface area contributed by atoms with Gasteiger partial charge in [0.25, 0.3) is 0 Å². The molecule has 0 fully saturated rings. The molecule has 3 aromatic rings. The highest BCUT2D eigenvalue weighted by Crippen LogP contribution is 2.33. The van der Waals surface area contributed by atoms with Crippen molar-refractivity contribution in [2.45, 2.75) is 38.7 Å². The molecule has 0 aliphatic carbocycles. The minimum Gasteiger partial charge on any atom is -0.494 e. The van der Waals surface area contributed by atoms with E-state index in [-0.39, 0.29) is 37.6 Å². The Morgan fingerprint density at radius 3 is 2.47 bits per heavy atom. The van der Waals surface area contributed by atoms with Crippen LogP contribution in [0.1, 0.15) is 34.2 Å². The minimum absolute atomic E-state index is 0.0614. The molecule has 4 rings (SSSR count). The number of cyclic esters (lactones) is 1. The smallest absolute Gasteiger partial charge is 0.419 e. The molecule has 0 saturated carbocycles. The summed E-state index contributed by atoms with van der Waals surface area (Å²) < 4.78 is 78.2. The molecule has 0 bridgehead atoms. The average Bonchev–Trinajstić information content (AvgIpc) is 2.83. The number of alkyl halides is 3. The average molecular weight is 505 g/mol. The van der Waals surface area contributed by atoms with Gasteiger partial charge in [-0.05, 0) is 53.4 Å². The Hall–Kier alpha value is -3.46. The van der Waals surface area contributed by atoms with Crippen LogP contribution in [0.3, 0.4) is 0 Å². The quantitative estimate of drug-likeness (QED) is 0.202. The summed E-state index contributed by atoms with van der Waals surface area (Å²) in [7, 11) is 0. The highest BCUT2D eigenvalue weighted by molar-refractivity contribution is 5.74. The number of halogens is 5. The molecule has 1 aliphatic heterocycles. The van der Waals surface area contributed by atoms with Gasteiger partial charge in [-0.15, -0.1) is 0 Å². The lowest BCUT2D eigenvalue weighted by atomic mass is 10.0. The molecule has 0 N–H and O–H groups in total. The van der Waals surface area contributed by atoms with Crippen molar-refractivity contribution in [1.29, 1.82) is 0 Å². The summed E-state index contributed by atoms with van der Waals surface area (Å²) in [5.41, 5.74) is 1.14. The maximum absolute atomic E-state index is 14.6. The first-order chi connectivity index (χ1) is 17.2. The fraction of sp³-hybridized carbons (Fsp3) is 0.296. The lowest BCUT2D eigenvalue weighted by molar-refractivity contribution is -0.145. The summed E-state index contributed by atoms with van der Waals surface area (Å²) in [5, 5.41) is 0. The third-order valence-electron chi connectivity index (χ3n) is 5.89. The molecular weight excluding hydrogens is 481 g/mol. The number of carbonyl (C=O) groups is 1. The van der Waals surface area contributed by atoms with Gasteiger partial charge in [0, 0.05) is 25.2 Å². The first kappa shape index (κ1) is 25.6. The Labute approximate surface area is 205 Å². The lowest BCUT2D eigenvalue weighted by Crippen LogP contribution is -2.26. The third-order valence-corrected chi connectivity index (χ3v) is 5.89. The van der Waals surface area contributed by atoms with Crippen LogP contribution < -0.4 is 4.74 Å². The Morgan fingerprint density at radius 1 is 0.944 bits per heavy atom. The van der Waals surface area contributed by atoms with E-state index in [1.807, 2.05) is 6.07 Å². The second-order valence-corrected chi connectivity index (χ2v) is 8.58. The molecule has 1 aliphatic rings. The molecule has 3 aromatic carbocycles. The van der Waals surface area contributed by atoms with Gasteiger partial charge in [-0.25, -0.2) is 8.78 Å². The largest absolute Gasteiger partial charge is 0.494 e. The van der Waals surface area contributed by atoms with E-state index in [1.165, 1.54) is 24.3 Å². The van der Waals surface area contributed by atoms with Crippen LogP contribution in [0.2, 0.25) is 0 Å². The number of benzene rings is 3. The zero-order chi connectivity index (χ0) is 25.7. The van der Waals surface area contributed by atoms with Crippen molar-refractivity contribution < 1.29 is 36.2 Å². The Kier molecular flexibility index (Phi) is 7.88. The van der Waals surface area contributed by atoms with Gasteiger partial charge in [0.15, 0.2) is 0 Å². The molecule has 0 atom stereocenters. The van der Waals surface area contributed by atoms with Gasteiger partial charge in [-0.3, -0.25) is 9.69 Å². The SMILES string of the molecule is O=C1Cc2cc(OCCCN(Cc3ccc(F)cc3)Cc3cccc(C(F)(F)F)c3F)ccc2CO1. The fourth-order valence-electron chi connectivity index (χ4n) is 4.06. The van der Waals surface area contributed by atoms with Gasteiger partial charge >= 0.3 is 12.1 Å². The zero-order valence-corrected chi connectivity index (χ0v) is 19.3. The first-order valence-electron chi connectivity index (χ1n) is 11.4. The van der Waals surface area contributed by atoms with Crippen molar-refractivity contribution in [3.63, 3.8) is 0 Å². The molecule has 0 spiro atoms. The van der Waals surface area contributed by atoms with Crippen molar-refractivity contribution in [2.24, 2.45) is 0 Å². The van der Waals surface area contributed by atoms with E-state index in [0.29, 0.717) is 25.3 Å². The number of ether oxygens (including phenoxy) is 2. The molecule has 190 valence electrons. The second-order valence-electron chi connectivity index (χ2n) is 8.58. The second kappa shape index (κ2) is 11.1. The predicted octanol–water partition coefficient (Wildman–Crippen LogP) is 6.05. The van der Waals surface area contributed by atoms with Crippen LogP contribution in [0.4, 0.5) is 22.0 Å². The number of rotatable bonds is 9. The maximum Gasteiger partial charge on any atom is 0.419 e. The molecular formula is C27H24F5NO3. The minimum atomic E-state index is -4.79. The molecule has 1 heterocycles. The van der Waals surface area contributed by atoms with Crippen molar-refractivity contribution in [3.8, 4) is 5.75 Å². The molecule has 4 nitrogen and oxygen atoms in total. The van der Waals surface area contributed by atoms with Crippen molar-refractivity contribution in [1.82, 2.24) is 4.90 Å². The number of nitrogens with zero attached hydrogens (tertiary/aromatic N) is 1. The number of carbonyl (C=O) groups excluding carboxylic acids is 1. The highest BCUT2D eigenvalue weighted by Gasteiger charge is 2.34. The topological polar surface area (TPSA) is 38.8 Å². The number of hydrogen-bond acceptors (Lipinski definition) is 4. The monoisotopic (exact) mass is 505 g/mol. The molecule has 0 saturated heterocycles. The zero-order valence-electron chi connectivity index (χ0n) is 19.3. The van der Waals surface area contributed by atoms with Gasteiger partial charge in [0.1, 0.15) is 24.0 Å². The van der Waals surface area contributed by atoms with Gasteiger partial charge < -0.3 is 9.47 Å². The molecule has 0 radical (unpaired) electrons. The number of esters is 1. The number of hydrogen-bond donors (Lipinski definition) is 0. The molecule has 36 heavy (non-hydrogen) atoms. The Bertz CT molecular complexity index is 1210. The van der Waals surface area contributed by atoms with Crippen LogP contribution in [-0.4, -0.2) is 24.0 Å². The standard InChI is InChI=1S/C27H24F5NO3/c28-22-8-5-18(6-9-22)15-33(16-19-3-1-4-24(26(19)29)27(30,31)32)11-2-12-35-23-10-7-20-17-36-25(34)14-21(20)13-23/h1,3-10,13H,2,11-12,14-17H2. The van der Waals surface area contributed by atoms with Crippen molar-refractivity contribution >= 4 is 5.97 Å². The van der Waals surface area contributed by atoms with E-state index in [0.717, 1.165) is 22.8 Å². The van der Waals surface area contributed by atoms with E-state index in [2.05, 4.69) is 0 Å². The molecule has 0 unspecified atom stereocenters. The highest BCUT2D eigenvalue weighted by atomic mass is 19.4. The van der Waals surface area contributed by atoms with E-state index in [1.54, 1.807) is 29.2 Å². The van der Waals surface area contributed by atoms with Gasteiger partial charge in [0.2, 0.25) is 0 Å². The van der Waals surface area contributed by atoms with Crippen LogP contribution in [-0.2, 0) is 41.8 Å². The van der Waals surface area contributed by atoms with Crippen LogP contribution >= 0.6 is 0 Å². The first-order valence-corrected chi connectivity index (χ1v) is 11.4. The van der Waals surface area contributed by atoms with Crippen LogP contribution in [0.5, 0.6) is 5.75 Å². The van der Waals surface area contributed by atoms with Crippen LogP contribution in [0.15, 0.2) is 60.7 Å². The predicted molar refractivity (Wildman–Crippen MR) is 122 cm³/mol. The molecule has 9 heteroatoms. The summed E-state index contributed by atoms with van der Waals surface area (Å²) in [5.74, 6) is -1.39. The Balaban J connectivity index is 1.42. The maximum atomic E-state index is 14.6.